The summed E-state index contributed by atoms with van der Waals surface area (Å²) in [6, 6.07) is 14.5. The Labute approximate surface area is 172 Å². The molecule has 1 aliphatic heterocycles. The molecule has 3 aromatic rings. The molecule has 0 amide bonds. The van der Waals surface area contributed by atoms with Crippen LogP contribution < -0.4 is 15.1 Å². The van der Waals surface area contributed by atoms with E-state index in [1.807, 2.05) is 30.6 Å². The van der Waals surface area contributed by atoms with Gasteiger partial charge in [0, 0.05) is 44.3 Å². The number of hydrogen-bond acceptors (Lipinski definition) is 6. The lowest BCUT2D eigenvalue weighted by Crippen LogP contribution is -2.47. The number of piperazine rings is 1. The van der Waals surface area contributed by atoms with Gasteiger partial charge in [-0.3, -0.25) is 0 Å². The number of nitrogens with zero attached hydrogens (tertiary/aromatic N) is 5. The Bertz CT molecular complexity index is 913. The van der Waals surface area contributed by atoms with Crippen molar-refractivity contribution < 1.29 is 0 Å². The van der Waals surface area contributed by atoms with Crippen LogP contribution in [-0.2, 0) is 12.8 Å². The molecule has 2 aromatic heterocycles. The fraction of sp³-hybridized carbons (Fsp3) is 0.348. The van der Waals surface area contributed by atoms with Crippen LogP contribution in [0.15, 0.2) is 54.9 Å². The summed E-state index contributed by atoms with van der Waals surface area (Å²) in [5.74, 6) is 2.67. The van der Waals surface area contributed by atoms with Gasteiger partial charge < -0.3 is 15.1 Å². The smallest absolute Gasteiger partial charge is 0.229 e. The highest BCUT2D eigenvalue weighted by Gasteiger charge is 2.19. The van der Waals surface area contributed by atoms with Gasteiger partial charge in [-0.1, -0.05) is 38.1 Å². The predicted octanol–water partition coefficient (Wildman–Crippen LogP) is 4.07. The summed E-state index contributed by atoms with van der Waals surface area (Å²) in [5, 5.41) is 3.49. The number of aryl methyl sites for hydroxylation is 2. The zero-order valence-corrected chi connectivity index (χ0v) is 17.2. The predicted molar refractivity (Wildman–Crippen MR) is 119 cm³/mol. The van der Waals surface area contributed by atoms with Crippen LogP contribution in [0.1, 0.15) is 25.0 Å². The molecule has 4 rings (SSSR count). The van der Waals surface area contributed by atoms with Gasteiger partial charge >= 0.3 is 0 Å². The van der Waals surface area contributed by atoms with Gasteiger partial charge in [-0.2, -0.15) is 4.98 Å². The molecule has 0 aliphatic carbocycles. The number of pyridine rings is 1. The lowest BCUT2D eigenvalue weighted by atomic mass is 10.0. The third kappa shape index (κ3) is 4.31. The van der Waals surface area contributed by atoms with E-state index in [0.717, 1.165) is 56.3 Å². The molecule has 6 nitrogen and oxygen atoms in total. The number of aromatic nitrogens is 3. The first-order valence-corrected chi connectivity index (χ1v) is 10.4. The van der Waals surface area contributed by atoms with Crippen molar-refractivity contribution >= 4 is 23.3 Å². The Morgan fingerprint density at radius 3 is 2.07 bits per heavy atom. The van der Waals surface area contributed by atoms with Gasteiger partial charge in [-0.15, -0.1) is 0 Å². The summed E-state index contributed by atoms with van der Waals surface area (Å²) in [6.07, 6.45) is 5.65. The normalized spacial score (nSPS) is 14.1. The summed E-state index contributed by atoms with van der Waals surface area (Å²) < 4.78 is 0. The molecular weight excluding hydrogens is 360 g/mol. The standard InChI is InChI=1S/C23H28N6/c1-3-18-8-7-9-19(4-2)22(18)27-23-25-13-11-21(26-23)29-16-14-28(15-17-29)20-10-5-6-12-24-20/h5-13H,3-4,14-17H2,1-2H3,(H,25,26,27). The van der Waals surface area contributed by atoms with Crippen LogP contribution in [0.2, 0.25) is 0 Å². The first-order valence-electron chi connectivity index (χ1n) is 10.4. The number of benzene rings is 1. The zero-order valence-electron chi connectivity index (χ0n) is 17.2. The van der Waals surface area contributed by atoms with E-state index in [9.17, 15) is 0 Å². The Balaban J connectivity index is 1.48. The van der Waals surface area contributed by atoms with Crippen molar-refractivity contribution in [2.24, 2.45) is 0 Å². The monoisotopic (exact) mass is 388 g/mol. The zero-order chi connectivity index (χ0) is 20.1. The first-order chi connectivity index (χ1) is 14.3. The van der Waals surface area contributed by atoms with E-state index in [2.05, 4.69) is 63.2 Å². The minimum Gasteiger partial charge on any atom is -0.353 e. The van der Waals surface area contributed by atoms with E-state index in [0.29, 0.717) is 5.95 Å². The van der Waals surface area contributed by atoms with Crippen molar-refractivity contribution in [3.8, 4) is 0 Å². The molecule has 1 fully saturated rings. The lowest BCUT2D eigenvalue weighted by molar-refractivity contribution is 0.641. The highest BCUT2D eigenvalue weighted by atomic mass is 15.3. The second-order valence-corrected chi connectivity index (χ2v) is 7.18. The van der Waals surface area contributed by atoms with Crippen molar-refractivity contribution in [2.75, 3.05) is 41.3 Å². The number of para-hydroxylation sites is 1. The second kappa shape index (κ2) is 8.90. The van der Waals surface area contributed by atoms with Crippen molar-refractivity contribution in [3.63, 3.8) is 0 Å². The Morgan fingerprint density at radius 2 is 1.45 bits per heavy atom. The van der Waals surface area contributed by atoms with Crippen LogP contribution in [0.3, 0.4) is 0 Å². The maximum Gasteiger partial charge on any atom is 0.229 e. The summed E-state index contributed by atoms with van der Waals surface area (Å²) >= 11 is 0. The van der Waals surface area contributed by atoms with Gasteiger partial charge in [0.25, 0.3) is 0 Å². The molecule has 1 aliphatic rings. The average molecular weight is 389 g/mol. The van der Waals surface area contributed by atoms with E-state index < -0.39 is 0 Å². The Morgan fingerprint density at radius 1 is 0.759 bits per heavy atom. The van der Waals surface area contributed by atoms with Gasteiger partial charge in [0.05, 0.1) is 0 Å². The molecule has 0 radical (unpaired) electrons. The van der Waals surface area contributed by atoms with Crippen molar-refractivity contribution in [2.45, 2.75) is 26.7 Å². The molecule has 1 N–H and O–H groups in total. The number of nitrogens with one attached hydrogen (secondary N) is 1. The molecule has 29 heavy (non-hydrogen) atoms. The summed E-state index contributed by atoms with van der Waals surface area (Å²) in [4.78, 5) is 18.4. The van der Waals surface area contributed by atoms with Gasteiger partial charge in [-0.25, -0.2) is 9.97 Å². The van der Waals surface area contributed by atoms with E-state index in [1.165, 1.54) is 11.1 Å². The average Bonchev–Trinajstić information content (AvgIpc) is 2.80. The summed E-state index contributed by atoms with van der Waals surface area (Å²) in [6.45, 7) is 8.05. The fourth-order valence-corrected chi connectivity index (χ4v) is 3.81. The highest BCUT2D eigenvalue weighted by molar-refractivity contribution is 5.64. The summed E-state index contributed by atoms with van der Waals surface area (Å²) in [7, 11) is 0. The third-order valence-electron chi connectivity index (χ3n) is 5.45. The van der Waals surface area contributed by atoms with Crippen LogP contribution in [0.4, 0.5) is 23.3 Å². The molecule has 0 unspecified atom stereocenters. The Kier molecular flexibility index (Phi) is 5.89. The van der Waals surface area contributed by atoms with Crippen molar-refractivity contribution in [1.29, 1.82) is 0 Å². The van der Waals surface area contributed by atoms with E-state index in [1.54, 1.807) is 0 Å². The fourth-order valence-electron chi connectivity index (χ4n) is 3.81. The van der Waals surface area contributed by atoms with Crippen LogP contribution in [0.5, 0.6) is 0 Å². The Hall–Kier alpha value is -3.15. The SMILES string of the molecule is CCc1cccc(CC)c1Nc1nccc(N2CCN(c3ccccn3)CC2)n1. The molecule has 1 saturated heterocycles. The molecule has 0 bridgehead atoms. The topological polar surface area (TPSA) is 57.2 Å². The maximum atomic E-state index is 4.81. The molecular formula is C23H28N6. The number of anilines is 4. The van der Waals surface area contributed by atoms with Crippen LogP contribution in [0, 0.1) is 0 Å². The lowest BCUT2D eigenvalue weighted by Gasteiger charge is -2.36. The van der Waals surface area contributed by atoms with Gasteiger partial charge in [-0.05, 0) is 42.2 Å². The van der Waals surface area contributed by atoms with Crippen LogP contribution in [-0.4, -0.2) is 41.1 Å². The number of rotatable bonds is 6. The minimum atomic E-state index is 0.658. The maximum absolute atomic E-state index is 4.81. The van der Waals surface area contributed by atoms with E-state index >= 15 is 0 Å². The van der Waals surface area contributed by atoms with Gasteiger partial charge in [0.15, 0.2) is 0 Å². The van der Waals surface area contributed by atoms with Crippen molar-refractivity contribution in [1.82, 2.24) is 15.0 Å². The van der Waals surface area contributed by atoms with Gasteiger partial charge in [0.1, 0.15) is 11.6 Å². The molecule has 150 valence electrons. The largest absolute Gasteiger partial charge is 0.353 e. The molecule has 1 aromatic carbocycles. The quantitative estimate of drug-likeness (QED) is 0.687. The van der Waals surface area contributed by atoms with E-state index in [4.69, 9.17) is 4.98 Å². The van der Waals surface area contributed by atoms with Gasteiger partial charge in [0.2, 0.25) is 5.95 Å². The first kappa shape index (κ1) is 19.2. The minimum absolute atomic E-state index is 0.658. The third-order valence-corrected chi connectivity index (χ3v) is 5.45. The molecule has 0 spiro atoms. The van der Waals surface area contributed by atoms with E-state index in [-0.39, 0.29) is 0 Å². The number of hydrogen-bond donors (Lipinski definition) is 1. The summed E-state index contributed by atoms with van der Waals surface area (Å²) in [5.41, 5.74) is 3.74. The molecule has 6 heteroatoms. The van der Waals surface area contributed by atoms with Crippen molar-refractivity contribution in [3.05, 3.63) is 66.0 Å². The second-order valence-electron chi connectivity index (χ2n) is 7.18. The van der Waals surface area contributed by atoms with Crippen LogP contribution in [0.25, 0.3) is 0 Å². The molecule has 0 saturated carbocycles. The molecule has 0 atom stereocenters. The molecule has 3 heterocycles. The highest BCUT2D eigenvalue weighted by Crippen LogP contribution is 2.26. The van der Waals surface area contributed by atoms with Crippen LogP contribution >= 0.6 is 0 Å².